The molecule has 2 bridgehead atoms. The second-order valence-corrected chi connectivity index (χ2v) is 5.00. The minimum atomic E-state index is -0.401. The first-order chi connectivity index (χ1) is 8.29. The summed E-state index contributed by atoms with van der Waals surface area (Å²) >= 11 is 0. The molecule has 0 aliphatic heterocycles. The van der Waals surface area contributed by atoms with Crippen LogP contribution in [0.1, 0.15) is 25.7 Å². The van der Waals surface area contributed by atoms with Crippen LogP contribution < -0.4 is 5.48 Å². The predicted molar refractivity (Wildman–Crippen MR) is 64.0 cm³/mol. The van der Waals surface area contributed by atoms with E-state index in [-0.39, 0.29) is 6.61 Å². The minimum Gasteiger partial charge on any atom is -0.460 e. The Morgan fingerprint density at radius 1 is 1.35 bits per heavy atom. The molecule has 0 aromatic carbocycles. The summed E-state index contributed by atoms with van der Waals surface area (Å²) in [5, 5.41) is 0. The van der Waals surface area contributed by atoms with Gasteiger partial charge in [-0.2, -0.15) is 0 Å². The van der Waals surface area contributed by atoms with Gasteiger partial charge in [0.2, 0.25) is 0 Å². The molecule has 0 amide bonds. The van der Waals surface area contributed by atoms with E-state index in [0.29, 0.717) is 6.61 Å². The molecule has 2 aliphatic carbocycles. The van der Waals surface area contributed by atoms with Crippen LogP contribution in [0.4, 0.5) is 0 Å². The van der Waals surface area contributed by atoms with Crippen molar-refractivity contribution < 1.29 is 14.4 Å². The van der Waals surface area contributed by atoms with E-state index in [1.165, 1.54) is 25.7 Å². The summed E-state index contributed by atoms with van der Waals surface area (Å²) in [6, 6.07) is 0. The van der Waals surface area contributed by atoms with E-state index in [4.69, 9.17) is 9.57 Å². The average Bonchev–Trinajstić information content (AvgIpc) is 2.95. The predicted octanol–water partition coefficient (Wildman–Crippen LogP) is 1.67. The fourth-order valence-electron chi connectivity index (χ4n) is 3.11. The summed E-state index contributed by atoms with van der Waals surface area (Å²) in [5.41, 5.74) is 2.99. The van der Waals surface area contributed by atoms with Crippen LogP contribution in [0, 0.1) is 17.8 Å². The number of hydrogen-bond acceptors (Lipinski definition) is 4. The molecule has 2 fully saturated rings. The Bertz CT molecular complexity index is 280. The third kappa shape index (κ3) is 3.54. The van der Waals surface area contributed by atoms with E-state index in [2.05, 4.69) is 12.1 Å². The standard InChI is InChI=1S/C13H21NO3/c1-2-13(15)16-5-6-17-14-9-12-8-10-3-4-11(12)7-10/h2,10-12,14H,1,3-9H2. The van der Waals surface area contributed by atoms with Crippen LogP contribution in [-0.2, 0) is 14.4 Å². The van der Waals surface area contributed by atoms with Crippen LogP contribution in [-0.4, -0.2) is 25.7 Å². The van der Waals surface area contributed by atoms with Gasteiger partial charge < -0.3 is 4.74 Å². The fraction of sp³-hybridized carbons (Fsp3) is 0.769. The number of hydroxylamine groups is 1. The van der Waals surface area contributed by atoms with Crippen LogP contribution >= 0.6 is 0 Å². The third-order valence-corrected chi connectivity index (χ3v) is 3.93. The van der Waals surface area contributed by atoms with Gasteiger partial charge in [-0.15, -0.1) is 0 Å². The number of esters is 1. The molecule has 0 saturated heterocycles. The topological polar surface area (TPSA) is 47.6 Å². The van der Waals surface area contributed by atoms with Crippen molar-refractivity contribution in [3.8, 4) is 0 Å². The molecule has 4 heteroatoms. The number of ether oxygens (including phenoxy) is 1. The van der Waals surface area contributed by atoms with Gasteiger partial charge in [0, 0.05) is 12.6 Å². The molecule has 0 aromatic rings. The van der Waals surface area contributed by atoms with Gasteiger partial charge in [0.05, 0.1) is 0 Å². The summed E-state index contributed by atoms with van der Waals surface area (Å²) in [5.74, 6) is 2.27. The quantitative estimate of drug-likeness (QED) is 0.318. The van der Waals surface area contributed by atoms with E-state index in [1.54, 1.807) is 0 Å². The maximum Gasteiger partial charge on any atom is 0.330 e. The van der Waals surface area contributed by atoms with E-state index in [0.717, 1.165) is 30.4 Å². The van der Waals surface area contributed by atoms with Crippen LogP contribution in [0.25, 0.3) is 0 Å². The van der Waals surface area contributed by atoms with Crippen LogP contribution in [0.5, 0.6) is 0 Å². The molecule has 2 aliphatic rings. The first-order valence-corrected chi connectivity index (χ1v) is 6.43. The summed E-state index contributed by atoms with van der Waals surface area (Å²) in [7, 11) is 0. The Labute approximate surface area is 102 Å². The zero-order valence-electron chi connectivity index (χ0n) is 10.2. The second kappa shape index (κ2) is 6.17. The zero-order chi connectivity index (χ0) is 12.1. The molecule has 4 nitrogen and oxygen atoms in total. The summed E-state index contributed by atoms with van der Waals surface area (Å²) < 4.78 is 4.79. The van der Waals surface area contributed by atoms with Gasteiger partial charge >= 0.3 is 5.97 Å². The Kier molecular flexibility index (Phi) is 4.57. The molecular formula is C13H21NO3. The van der Waals surface area contributed by atoms with Gasteiger partial charge in [0.25, 0.3) is 0 Å². The van der Waals surface area contributed by atoms with Gasteiger partial charge in [0.1, 0.15) is 13.2 Å². The highest BCUT2D eigenvalue weighted by atomic mass is 16.7. The van der Waals surface area contributed by atoms with Gasteiger partial charge in [-0.3, -0.25) is 4.84 Å². The lowest BCUT2D eigenvalue weighted by Gasteiger charge is -2.21. The Morgan fingerprint density at radius 3 is 2.88 bits per heavy atom. The van der Waals surface area contributed by atoms with E-state index < -0.39 is 5.97 Å². The summed E-state index contributed by atoms with van der Waals surface area (Å²) in [4.78, 5) is 16.0. The van der Waals surface area contributed by atoms with Crippen LogP contribution in [0.2, 0.25) is 0 Å². The number of carbonyl (C=O) groups excluding carboxylic acids is 1. The molecule has 17 heavy (non-hydrogen) atoms. The average molecular weight is 239 g/mol. The van der Waals surface area contributed by atoms with Crippen molar-refractivity contribution >= 4 is 5.97 Å². The van der Waals surface area contributed by atoms with Crippen molar-refractivity contribution in [3.05, 3.63) is 12.7 Å². The third-order valence-electron chi connectivity index (χ3n) is 3.93. The van der Waals surface area contributed by atoms with Crippen molar-refractivity contribution in [2.45, 2.75) is 25.7 Å². The molecule has 0 radical (unpaired) electrons. The SMILES string of the molecule is C=CC(=O)OCCONCC1CC2CCC1C2. The van der Waals surface area contributed by atoms with E-state index >= 15 is 0 Å². The van der Waals surface area contributed by atoms with Gasteiger partial charge in [0.15, 0.2) is 0 Å². The van der Waals surface area contributed by atoms with Gasteiger partial charge in [-0.25, -0.2) is 10.3 Å². The Balaban J connectivity index is 1.47. The van der Waals surface area contributed by atoms with Crippen molar-refractivity contribution in [2.24, 2.45) is 17.8 Å². The normalized spacial score (nSPS) is 30.5. The molecule has 0 spiro atoms. The van der Waals surface area contributed by atoms with Crippen molar-refractivity contribution in [2.75, 3.05) is 19.8 Å². The molecular weight excluding hydrogens is 218 g/mol. The highest BCUT2D eigenvalue weighted by Gasteiger charge is 2.38. The first kappa shape index (κ1) is 12.6. The lowest BCUT2D eigenvalue weighted by atomic mass is 9.89. The molecule has 0 aromatic heterocycles. The highest BCUT2D eigenvalue weighted by molar-refractivity contribution is 5.81. The van der Waals surface area contributed by atoms with E-state index in [9.17, 15) is 4.79 Å². The lowest BCUT2D eigenvalue weighted by Crippen LogP contribution is -2.28. The fourth-order valence-corrected chi connectivity index (χ4v) is 3.11. The Morgan fingerprint density at radius 2 is 2.24 bits per heavy atom. The second-order valence-electron chi connectivity index (χ2n) is 5.00. The van der Waals surface area contributed by atoms with Crippen LogP contribution in [0.15, 0.2) is 12.7 Å². The number of nitrogens with one attached hydrogen (secondary N) is 1. The summed E-state index contributed by atoms with van der Waals surface area (Å²) in [6.45, 7) is 4.91. The maximum absolute atomic E-state index is 10.7. The van der Waals surface area contributed by atoms with Gasteiger partial charge in [-0.05, 0) is 37.0 Å². The van der Waals surface area contributed by atoms with Crippen LogP contribution in [0.3, 0.4) is 0 Å². The van der Waals surface area contributed by atoms with E-state index in [1.807, 2.05) is 0 Å². The molecule has 0 heterocycles. The molecule has 2 rings (SSSR count). The van der Waals surface area contributed by atoms with Crippen molar-refractivity contribution in [1.82, 2.24) is 5.48 Å². The largest absolute Gasteiger partial charge is 0.460 e. The maximum atomic E-state index is 10.7. The van der Waals surface area contributed by atoms with Crippen molar-refractivity contribution in [1.29, 1.82) is 0 Å². The number of fused-ring (bicyclic) bond motifs is 2. The molecule has 3 unspecified atom stereocenters. The van der Waals surface area contributed by atoms with Gasteiger partial charge in [-0.1, -0.05) is 13.0 Å². The monoisotopic (exact) mass is 239 g/mol. The summed E-state index contributed by atoms with van der Waals surface area (Å²) in [6.07, 6.45) is 6.76. The highest BCUT2D eigenvalue weighted by Crippen LogP contribution is 2.47. The lowest BCUT2D eigenvalue weighted by molar-refractivity contribution is -0.140. The molecule has 1 N–H and O–H groups in total. The molecule has 3 atom stereocenters. The molecule has 2 saturated carbocycles. The first-order valence-electron chi connectivity index (χ1n) is 6.43. The molecule has 96 valence electrons. The zero-order valence-corrected chi connectivity index (χ0v) is 10.2. The number of rotatable bonds is 7. The Hall–Kier alpha value is -0.870. The number of carbonyl (C=O) groups is 1. The minimum absolute atomic E-state index is 0.272. The smallest absolute Gasteiger partial charge is 0.330 e. The van der Waals surface area contributed by atoms with Crippen molar-refractivity contribution in [3.63, 3.8) is 0 Å². The number of hydrogen-bond donors (Lipinski definition) is 1.